The summed E-state index contributed by atoms with van der Waals surface area (Å²) in [6, 6.07) is -2.67. The van der Waals surface area contributed by atoms with Crippen LogP contribution >= 0.6 is 11.8 Å². The van der Waals surface area contributed by atoms with Crippen molar-refractivity contribution in [2.45, 2.75) is 57.7 Å². The second kappa shape index (κ2) is 14.1. The molecule has 0 aliphatic heterocycles. The monoisotopic (exact) mass is 418 g/mol. The van der Waals surface area contributed by atoms with Gasteiger partial charge >= 0.3 is 5.97 Å². The summed E-state index contributed by atoms with van der Waals surface area (Å²) in [7, 11) is 0. The minimum Gasteiger partial charge on any atom is -0.480 e. The number of carboxylic acid groups (broad SMARTS) is 1. The first-order chi connectivity index (χ1) is 13.1. The van der Waals surface area contributed by atoms with Crippen LogP contribution in [0.25, 0.3) is 0 Å². The van der Waals surface area contributed by atoms with Crippen LogP contribution in [0.15, 0.2) is 4.99 Å². The van der Waals surface area contributed by atoms with E-state index in [1.807, 2.05) is 20.1 Å². The van der Waals surface area contributed by atoms with Crippen LogP contribution < -0.4 is 27.8 Å². The molecule has 28 heavy (non-hydrogen) atoms. The topological polar surface area (TPSA) is 186 Å². The lowest BCUT2D eigenvalue weighted by Gasteiger charge is -2.24. The third-order valence-corrected chi connectivity index (χ3v) is 4.51. The van der Waals surface area contributed by atoms with Gasteiger partial charge in [0.25, 0.3) is 0 Å². The molecule has 3 atom stereocenters. The first-order valence-corrected chi connectivity index (χ1v) is 10.6. The van der Waals surface area contributed by atoms with Crippen molar-refractivity contribution < 1.29 is 19.5 Å². The maximum Gasteiger partial charge on any atom is 0.326 e. The fourth-order valence-corrected chi connectivity index (χ4v) is 2.87. The number of aliphatic carboxylic acids is 1. The van der Waals surface area contributed by atoms with Gasteiger partial charge in [-0.15, -0.1) is 0 Å². The number of rotatable bonds is 14. The van der Waals surface area contributed by atoms with Gasteiger partial charge in [-0.3, -0.25) is 14.6 Å². The van der Waals surface area contributed by atoms with Crippen molar-refractivity contribution in [3.05, 3.63) is 0 Å². The lowest BCUT2D eigenvalue weighted by atomic mass is 10.0. The Balaban J connectivity index is 4.86. The van der Waals surface area contributed by atoms with Gasteiger partial charge in [0.15, 0.2) is 5.96 Å². The third kappa shape index (κ3) is 11.7. The Labute approximate surface area is 170 Å². The van der Waals surface area contributed by atoms with Crippen molar-refractivity contribution in [1.82, 2.24) is 10.6 Å². The summed E-state index contributed by atoms with van der Waals surface area (Å²) < 4.78 is 0. The highest BCUT2D eigenvalue weighted by molar-refractivity contribution is 7.98. The molecule has 10 nitrogen and oxygen atoms in total. The van der Waals surface area contributed by atoms with E-state index in [1.165, 1.54) is 11.8 Å². The molecule has 0 heterocycles. The summed E-state index contributed by atoms with van der Waals surface area (Å²) in [5, 5.41) is 14.4. The van der Waals surface area contributed by atoms with E-state index in [1.54, 1.807) is 0 Å². The zero-order valence-electron chi connectivity index (χ0n) is 16.8. The number of amides is 2. The summed E-state index contributed by atoms with van der Waals surface area (Å²) in [6.45, 7) is 4.17. The molecule has 0 aromatic rings. The zero-order valence-corrected chi connectivity index (χ0v) is 17.6. The number of hydrogen-bond donors (Lipinski definition) is 6. The van der Waals surface area contributed by atoms with E-state index in [2.05, 4.69) is 15.6 Å². The first kappa shape index (κ1) is 26.0. The predicted octanol–water partition coefficient (Wildman–Crippen LogP) is -0.779. The average molecular weight is 419 g/mol. The fourth-order valence-electron chi connectivity index (χ4n) is 2.40. The van der Waals surface area contributed by atoms with Crippen molar-refractivity contribution in [3.8, 4) is 0 Å². The molecule has 9 N–H and O–H groups in total. The number of aliphatic imine (C=N–C) groups is 1. The van der Waals surface area contributed by atoms with Crippen molar-refractivity contribution in [3.63, 3.8) is 0 Å². The number of carbonyl (C=O) groups is 3. The van der Waals surface area contributed by atoms with Crippen molar-refractivity contribution in [1.29, 1.82) is 0 Å². The van der Waals surface area contributed by atoms with Crippen LogP contribution in [0, 0.1) is 5.92 Å². The van der Waals surface area contributed by atoms with E-state index in [9.17, 15) is 19.5 Å². The molecule has 0 saturated carbocycles. The second-order valence-corrected chi connectivity index (χ2v) is 7.91. The van der Waals surface area contributed by atoms with Crippen LogP contribution in [0.2, 0.25) is 0 Å². The Morgan fingerprint density at radius 1 is 1.07 bits per heavy atom. The van der Waals surface area contributed by atoms with Gasteiger partial charge in [0.1, 0.15) is 12.1 Å². The van der Waals surface area contributed by atoms with Crippen LogP contribution in [0.3, 0.4) is 0 Å². The summed E-state index contributed by atoms with van der Waals surface area (Å²) >= 11 is 1.49. The molecule has 0 fully saturated rings. The largest absolute Gasteiger partial charge is 0.480 e. The molecule has 0 aliphatic carbocycles. The summed E-state index contributed by atoms with van der Waals surface area (Å²) in [6.07, 6.45) is 3.40. The van der Waals surface area contributed by atoms with Gasteiger partial charge in [-0.2, -0.15) is 11.8 Å². The van der Waals surface area contributed by atoms with Gasteiger partial charge in [-0.05, 0) is 43.6 Å². The second-order valence-electron chi connectivity index (χ2n) is 6.93. The number of nitrogens with one attached hydrogen (secondary N) is 2. The molecule has 11 heteroatoms. The highest BCUT2D eigenvalue weighted by Crippen LogP contribution is 2.08. The summed E-state index contributed by atoms with van der Waals surface area (Å²) in [5.74, 6) is -1.41. The lowest BCUT2D eigenvalue weighted by Crippen LogP contribution is -2.54. The maximum absolute atomic E-state index is 12.6. The SMILES string of the molecule is CSCC[C@H](NC(=O)[C@H](CC(C)C)NC(=O)[C@@H](N)CCCN=C(N)N)C(=O)O. The molecule has 0 spiro atoms. The Morgan fingerprint density at radius 2 is 1.68 bits per heavy atom. The standard InChI is InChI=1S/C17H34N6O4S/c1-10(2)9-13(15(25)22-12(16(26)27)6-8-28-3)23-14(24)11(18)5-4-7-21-17(19)20/h10-13H,4-9,18H2,1-3H3,(H,22,25)(H,23,24)(H,26,27)(H4,19,20,21)/t11-,12-,13-/m0/s1. The molecule has 2 amide bonds. The molecule has 0 unspecified atom stereocenters. The van der Waals surface area contributed by atoms with Gasteiger partial charge in [0, 0.05) is 6.54 Å². The fraction of sp³-hybridized carbons (Fsp3) is 0.765. The molecular formula is C17H34N6O4S. The maximum atomic E-state index is 12.6. The third-order valence-electron chi connectivity index (χ3n) is 3.87. The van der Waals surface area contributed by atoms with Gasteiger partial charge < -0.3 is 32.9 Å². The van der Waals surface area contributed by atoms with E-state index in [0.29, 0.717) is 38.0 Å². The van der Waals surface area contributed by atoms with Gasteiger partial charge in [0.05, 0.1) is 6.04 Å². The van der Waals surface area contributed by atoms with Crippen LogP contribution in [-0.2, 0) is 14.4 Å². The van der Waals surface area contributed by atoms with E-state index in [0.717, 1.165) is 0 Å². The zero-order chi connectivity index (χ0) is 21.7. The minimum absolute atomic E-state index is 0.0267. The van der Waals surface area contributed by atoms with Crippen molar-refractivity contribution in [2.24, 2.45) is 28.1 Å². The molecular weight excluding hydrogens is 384 g/mol. The number of guanidine groups is 1. The number of carbonyl (C=O) groups excluding carboxylic acids is 2. The summed E-state index contributed by atoms with van der Waals surface area (Å²) in [4.78, 5) is 40.1. The Kier molecular flexibility index (Phi) is 13.0. The minimum atomic E-state index is -1.10. The van der Waals surface area contributed by atoms with E-state index < -0.39 is 35.9 Å². The number of thioether (sulfide) groups is 1. The Hall–Kier alpha value is -2.01. The molecule has 0 bridgehead atoms. The van der Waals surface area contributed by atoms with Crippen LogP contribution in [-0.4, -0.2) is 65.5 Å². The average Bonchev–Trinajstić information content (AvgIpc) is 2.60. The Morgan fingerprint density at radius 3 is 2.18 bits per heavy atom. The van der Waals surface area contributed by atoms with Crippen LogP contribution in [0.1, 0.15) is 39.5 Å². The van der Waals surface area contributed by atoms with Crippen molar-refractivity contribution in [2.75, 3.05) is 18.6 Å². The molecule has 0 aromatic carbocycles. The molecule has 0 rings (SSSR count). The highest BCUT2D eigenvalue weighted by Gasteiger charge is 2.28. The van der Waals surface area contributed by atoms with E-state index in [-0.39, 0.29) is 11.9 Å². The Bertz CT molecular complexity index is 540. The number of nitrogens with two attached hydrogens (primary N) is 3. The lowest BCUT2D eigenvalue weighted by molar-refractivity contribution is -0.142. The van der Waals surface area contributed by atoms with E-state index >= 15 is 0 Å². The molecule has 0 aliphatic rings. The molecule has 0 aromatic heterocycles. The number of hydrogen-bond acceptors (Lipinski definition) is 6. The molecule has 0 saturated heterocycles. The number of nitrogens with zero attached hydrogens (tertiary/aromatic N) is 1. The summed E-state index contributed by atoms with van der Waals surface area (Å²) in [5.41, 5.74) is 16.3. The smallest absolute Gasteiger partial charge is 0.326 e. The highest BCUT2D eigenvalue weighted by atomic mass is 32.2. The predicted molar refractivity (Wildman–Crippen MR) is 112 cm³/mol. The first-order valence-electron chi connectivity index (χ1n) is 9.21. The van der Waals surface area contributed by atoms with Crippen molar-refractivity contribution >= 4 is 35.5 Å². The van der Waals surface area contributed by atoms with Gasteiger partial charge in [-0.25, -0.2) is 4.79 Å². The molecule has 162 valence electrons. The van der Waals surface area contributed by atoms with Gasteiger partial charge in [0.2, 0.25) is 11.8 Å². The van der Waals surface area contributed by atoms with Crippen LogP contribution in [0.5, 0.6) is 0 Å². The quantitative estimate of drug-likeness (QED) is 0.120. The molecule has 0 radical (unpaired) electrons. The van der Waals surface area contributed by atoms with Crippen LogP contribution in [0.4, 0.5) is 0 Å². The van der Waals surface area contributed by atoms with Gasteiger partial charge in [-0.1, -0.05) is 13.8 Å². The number of carboxylic acids is 1. The van der Waals surface area contributed by atoms with E-state index in [4.69, 9.17) is 17.2 Å². The normalized spacial score (nSPS) is 14.0.